The standard InChI is InChI=1S/C7H16Cl2Si/c1-5(2)10(6(3)4)7(8)9/h5-7,10H,1-4H3. The molecule has 0 aromatic heterocycles. The number of hydrogen-bond donors (Lipinski definition) is 0. The van der Waals surface area contributed by atoms with Crippen LogP contribution in [-0.2, 0) is 0 Å². The van der Waals surface area contributed by atoms with E-state index in [0.717, 1.165) is 0 Å². The molecule has 0 aliphatic carbocycles. The molecule has 0 aliphatic heterocycles. The molecular formula is C7H16Cl2Si. The molecule has 0 saturated carbocycles. The lowest BCUT2D eigenvalue weighted by Gasteiger charge is -2.23. The molecule has 3 heteroatoms. The molecule has 0 spiro atoms. The first-order valence-electron chi connectivity index (χ1n) is 3.75. The maximum atomic E-state index is 5.86. The third kappa shape index (κ3) is 3.27. The van der Waals surface area contributed by atoms with E-state index >= 15 is 0 Å². The summed E-state index contributed by atoms with van der Waals surface area (Å²) in [5, 5.41) is 0. The van der Waals surface area contributed by atoms with E-state index in [2.05, 4.69) is 27.7 Å². The van der Waals surface area contributed by atoms with E-state index in [4.69, 9.17) is 23.2 Å². The zero-order valence-corrected chi connectivity index (χ0v) is 9.73. The average molecular weight is 199 g/mol. The second kappa shape index (κ2) is 4.63. The Bertz CT molecular complexity index is 72.6. The SMILES string of the molecule is CC(C)[SiH](C(C)C)C(Cl)Cl. The summed E-state index contributed by atoms with van der Waals surface area (Å²) in [6.07, 6.45) is 0. The first kappa shape index (κ1) is 10.8. The van der Waals surface area contributed by atoms with Gasteiger partial charge in [0.1, 0.15) is 0 Å². The second-order valence-electron chi connectivity index (χ2n) is 3.40. The van der Waals surface area contributed by atoms with E-state index in [1.54, 1.807) is 0 Å². The molecule has 0 fully saturated rings. The van der Waals surface area contributed by atoms with Gasteiger partial charge in [-0.1, -0.05) is 38.8 Å². The Kier molecular flexibility index (Phi) is 5.00. The highest BCUT2D eigenvalue weighted by atomic mass is 35.5. The van der Waals surface area contributed by atoms with Crippen LogP contribution in [0.3, 0.4) is 0 Å². The Morgan fingerprint density at radius 2 is 1.20 bits per heavy atom. The van der Waals surface area contributed by atoms with Gasteiger partial charge in [-0.2, -0.15) is 0 Å². The maximum Gasteiger partial charge on any atom is 0.0947 e. The predicted molar refractivity (Wildman–Crippen MR) is 52.8 cm³/mol. The molecule has 0 heterocycles. The molecule has 0 rings (SSSR count). The fourth-order valence-corrected chi connectivity index (χ4v) is 7.55. The number of hydrogen-bond acceptors (Lipinski definition) is 0. The lowest BCUT2D eigenvalue weighted by atomic mass is 10.5. The summed E-state index contributed by atoms with van der Waals surface area (Å²) < 4.78 is -0.0833. The summed E-state index contributed by atoms with van der Waals surface area (Å²) in [5.74, 6) is 0. The van der Waals surface area contributed by atoms with Crippen LogP contribution >= 0.6 is 23.2 Å². The van der Waals surface area contributed by atoms with E-state index < -0.39 is 8.80 Å². The summed E-state index contributed by atoms with van der Waals surface area (Å²) in [4.78, 5) is 0. The van der Waals surface area contributed by atoms with Gasteiger partial charge < -0.3 is 0 Å². The molecular weight excluding hydrogens is 183 g/mol. The summed E-state index contributed by atoms with van der Waals surface area (Å²) in [6.45, 7) is 8.87. The van der Waals surface area contributed by atoms with Crippen molar-refractivity contribution in [2.24, 2.45) is 0 Å². The Morgan fingerprint density at radius 3 is 1.20 bits per heavy atom. The summed E-state index contributed by atoms with van der Waals surface area (Å²) in [5.41, 5.74) is 1.42. The molecule has 0 atom stereocenters. The van der Waals surface area contributed by atoms with E-state index in [1.807, 2.05) is 0 Å². The molecule has 0 bridgehead atoms. The third-order valence-electron chi connectivity index (χ3n) is 1.83. The van der Waals surface area contributed by atoms with Gasteiger partial charge in [-0.15, -0.1) is 23.2 Å². The van der Waals surface area contributed by atoms with Gasteiger partial charge in [0.15, 0.2) is 0 Å². The highest BCUT2D eigenvalue weighted by molar-refractivity contribution is 6.81. The maximum absolute atomic E-state index is 5.86. The molecule has 62 valence electrons. The summed E-state index contributed by atoms with van der Waals surface area (Å²) in [7, 11) is -0.923. The van der Waals surface area contributed by atoms with Crippen molar-refractivity contribution in [1.29, 1.82) is 0 Å². The summed E-state index contributed by atoms with van der Waals surface area (Å²) >= 11 is 11.7. The van der Waals surface area contributed by atoms with Gasteiger partial charge in [-0.25, -0.2) is 0 Å². The average Bonchev–Trinajstić information content (AvgIpc) is 1.59. The Hall–Kier alpha value is 0.797. The number of halogens is 2. The number of rotatable bonds is 3. The van der Waals surface area contributed by atoms with E-state index in [1.165, 1.54) is 0 Å². The number of alkyl halides is 2. The first-order valence-corrected chi connectivity index (χ1v) is 6.62. The van der Waals surface area contributed by atoms with Crippen LogP contribution in [0.25, 0.3) is 0 Å². The van der Waals surface area contributed by atoms with Gasteiger partial charge in [0, 0.05) is 0 Å². The molecule has 0 aromatic rings. The van der Waals surface area contributed by atoms with Crippen molar-refractivity contribution in [3.8, 4) is 0 Å². The van der Waals surface area contributed by atoms with Crippen molar-refractivity contribution in [1.82, 2.24) is 0 Å². The van der Waals surface area contributed by atoms with Crippen molar-refractivity contribution < 1.29 is 0 Å². The van der Waals surface area contributed by atoms with Crippen molar-refractivity contribution in [3.63, 3.8) is 0 Å². The minimum absolute atomic E-state index is 0.0833. The minimum atomic E-state index is -0.923. The zero-order chi connectivity index (χ0) is 8.31. The van der Waals surface area contributed by atoms with Crippen LogP contribution in [0.4, 0.5) is 0 Å². The highest BCUT2D eigenvalue weighted by Crippen LogP contribution is 2.27. The van der Waals surface area contributed by atoms with Gasteiger partial charge >= 0.3 is 0 Å². The fourth-order valence-electron chi connectivity index (χ4n) is 1.35. The smallest absolute Gasteiger partial charge is 0.0947 e. The van der Waals surface area contributed by atoms with Crippen LogP contribution in [0.1, 0.15) is 27.7 Å². The monoisotopic (exact) mass is 198 g/mol. The third-order valence-corrected chi connectivity index (χ3v) is 7.24. The van der Waals surface area contributed by atoms with E-state index in [-0.39, 0.29) is 4.46 Å². The zero-order valence-electron chi connectivity index (χ0n) is 7.07. The fraction of sp³-hybridized carbons (Fsp3) is 1.00. The molecule has 0 unspecified atom stereocenters. The topological polar surface area (TPSA) is 0 Å². The quantitative estimate of drug-likeness (QED) is 0.483. The normalized spacial score (nSPS) is 12.6. The van der Waals surface area contributed by atoms with Gasteiger partial charge in [-0.05, 0) is 0 Å². The van der Waals surface area contributed by atoms with Gasteiger partial charge in [0.2, 0.25) is 0 Å². The Morgan fingerprint density at radius 1 is 0.900 bits per heavy atom. The summed E-state index contributed by atoms with van der Waals surface area (Å²) in [6, 6.07) is 0. The lowest BCUT2D eigenvalue weighted by Crippen LogP contribution is -2.28. The van der Waals surface area contributed by atoms with E-state index in [0.29, 0.717) is 11.1 Å². The lowest BCUT2D eigenvalue weighted by molar-refractivity contribution is 0.933. The molecule has 0 N–H and O–H groups in total. The van der Waals surface area contributed by atoms with Crippen LogP contribution in [0, 0.1) is 0 Å². The molecule has 0 aromatic carbocycles. The van der Waals surface area contributed by atoms with Gasteiger partial charge in [0.05, 0.1) is 13.3 Å². The van der Waals surface area contributed by atoms with Crippen molar-refractivity contribution in [2.45, 2.75) is 43.2 Å². The molecule has 0 amide bonds. The largest absolute Gasteiger partial charge is 0.110 e. The molecule has 0 nitrogen and oxygen atoms in total. The second-order valence-corrected chi connectivity index (χ2v) is 9.90. The van der Waals surface area contributed by atoms with Crippen LogP contribution in [-0.4, -0.2) is 13.3 Å². The van der Waals surface area contributed by atoms with Gasteiger partial charge in [0.25, 0.3) is 0 Å². The molecule has 0 aliphatic rings. The van der Waals surface area contributed by atoms with Crippen molar-refractivity contribution in [3.05, 3.63) is 0 Å². The molecule has 0 radical (unpaired) electrons. The predicted octanol–water partition coefficient (Wildman–Crippen LogP) is 3.38. The Balaban J connectivity index is 3.98. The molecule has 10 heavy (non-hydrogen) atoms. The first-order chi connectivity index (χ1) is 4.46. The highest BCUT2D eigenvalue weighted by Gasteiger charge is 2.25. The van der Waals surface area contributed by atoms with Crippen molar-refractivity contribution >= 4 is 32.0 Å². The van der Waals surface area contributed by atoms with Crippen LogP contribution in [0.5, 0.6) is 0 Å². The Labute approximate surface area is 75.5 Å². The van der Waals surface area contributed by atoms with Gasteiger partial charge in [-0.3, -0.25) is 0 Å². The van der Waals surface area contributed by atoms with Crippen molar-refractivity contribution in [2.75, 3.05) is 0 Å². The van der Waals surface area contributed by atoms with Crippen LogP contribution in [0.15, 0.2) is 0 Å². The van der Waals surface area contributed by atoms with E-state index in [9.17, 15) is 0 Å². The minimum Gasteiger partial charge on any atom is -0.110 e. The van der Waals surface area contributed by atoms with Crippen LogP contribution < -0.4 is 0 Å². The van der Waals surface area contributed by atoms with Crippen LogP contribution in [0.2, 0.25) is 11.1 Å². The molecule has 0 saturated heterocycles.